The highest BCUT2D eigenvalue weighted by Crippen LogP contribution is 2.29. The molecule has 0 spiro atoms. The van der Waals surface area contributed by atoms with Crippen molar-refractivity contribution in [2.75, 3.05) is 18.5 Å². The lowest BCUT2D eigenvalue weighted by atomic mass is 10.2. The Balaban J connectivity index is 2.07. The van der Waals surface area contributed by atoms with Crippen LogP contribution >= 0.6 is 11.6 Å². The summed E-state index contributed by atoms with van der Waals surface area (Å²) in [6, 6.07) is 9.93. The zero-order valence-electron chi connectivity index (χ0n) is 16.4. The fourth-order valence-corrected chi connectivity index (χ4v) is 2.60. The van der Waals surface area contributed by atoms with E-state index in [0.29, 0.717) is 35.4 Å². The molecule has 0 fully saturated rings. The van der Waals surface area contributed by atoms with E-state index >= 15 is 0 Å². The number of aryl methyl sites for hydroxylation is 1. The SMILES string of the molecule is CCOc1ccc(C(=O)OC(C)C(=O)Nc2cc(Cl)ccc2C)cc1OCC. The monoisotopic (exact) mass is 405 g/mol. The number of nitrogens with one attached hydrogen (secondary N) is 1. The van der Waals surface area contributed by atoms with Crippen LogP contribution in [-0.2, 0) is 9.53 Å². The number of carbonyl (C=O) groups excluding carboxylic acids is 2. The lowest BCUT2D eigenvalue weighted by Crippen LogP contribution is -2.30. The normalized spacial score (nSPS) is 11.5. The molecule has 28 heavy (non-hydrogen) atoms. The van der Waals surface area contributed by atoms with Crippen molar-refractivity contribution in [2.24, 2.45) is 0 Å². The van der Waals surface area contributed by atoms with Crippen LogP contribution in [0.25, 0.3) is 0 Å². The molecule has 0 heterocycles. The van der Waals surface area contributed by atoms with Gasteiger partial charge in [-0.3, -0.25) is 4.79 Å². The molecule has 7 heteroatoms. The van der Waals surface area contributed by atoms with E-state index in [4.69, 9.17) is 25.8 Å². The number of anilines is 1. The van der Waals surface area contributed by atoms with Crippen molar-refractivity contribution >= 4 is 29.2 Å². The maximum atomic E-state index is 12.4. The van der Waals surface area contributed by atoms with Gasteiger partial charge in [0, 0.05) is 10.7 Å². The highest BCUT2D eigenvalue weighted by molar-refractivity contribution is 6.31. The minimum atomic E-state index is -0.993. The molecular weight excluding hydrogens is 382 g/mol. The van der Waals surface area contributed by atoms with Crippen molar-refractivity contribution in [3.63, 3.8) is 0 Å². The van der Waals surface area contributed by atoms with Crippen LogP contribution in [0.15, 0.2) is 36.4 Å². The van der Waals surface area contributed by atoms with Gasteiger partial charge in [0.2, 0.25) is 0 Å². The molecule has 0 aromatic heterocycles. The number of hydrogen-bond acceptors (Lipinski definition) is 5. The van der Waals surface area contributed by atoms with E-state index < -0.39 is 18.0 Å². The smallest absolute Gasteiger partial charge is 0.339 e. The summed E-state index contributed by atoms with van der Waals surface area (Å²) in [5.41, 5.74) is 1.69. The van der Waals surface area contributed by atoms with Crippen molar-refractivity contribution in [1.29, 1.82) is 0 Å². The number of carbonyl (C=O) groups is 2. The number of hydrogen-bond donors (Lipinski definition) is 1. The zero-order valence-corrected chi connectivity index (χ0v) is 17.1. The van der Waals surface area contributed by atoms with E-state index in [1.807, 2.05) is 20.8 Å². The zero-order chi connectivity index (χ0) is 20.7. The molecule has 1 N–H and O–H groups in total. The molecule has 2 aromatic rings. The molecule has 1 unspecified atom stereocenters. The van der Waals surface area contributed by atoms with Gasteiger partial charge in [0.05, 0.1) is 18.8 Å². The summed E-state index contributed by atoms with van der Waals surface area (Å²) >= 11 is 5.96. The minimum Gasteiger partial charge on any atom is -0.490 e. The Morgan fingerprint density at radius 3 is 2.39 bits per heavy atom. The second-order valence-electron chi connectivity index (χ2n) is 6.02. The molecule has 1 atom stereocenters. The third kappa shape index (κ3) is 5.63. The summed E-state index contributed by atoms with van der Waals surface area (Å²) in [6.07, 6.45) is -0.993. The quantitative estimate of drug-likeness (QED) is 0.648. The van der Waals surface area contributed by atoms with Gasteiger partial charge in [-0.2, -0.15) is 0 Å². The van der Waals surface area contributed by atoms with Crippen LogP contribution in [0.5, 0.6) is 11.5 Å². The average molecular weight is 406 g/mol. The Kier molecular flexibility index (Phi) is 7.70. The largest absolute Gasteiger partial charge is 0.490 e. The van der Waals surface area contributed by atoms with E-state index in [-0.39, 0.29) is 5.56 Å². The number of benzene rings is 2. The first-order valence-corrected chi connectivity index (χ1v) is 9.41. The Morgan fingerprint density at radius 1 is 1.04 bits per heavy atom. The van der Waals surface area contributed by atoms with Gasteiger partial charge in [0.25, 0.3) is 5.91 Å². The first kappa shape index (κ1) is 21.6. The first-order valence-electron chi connectivity index (χ1n) is 9.03. The maximum absolute atomic E-state index is 12.4. The first-order chi connectivity index (χ1) is 13.3. The Hall–Kier alpha value is -2.73. The molecule has 0 radical (unpaired) electrons. The van der Waals surface area contributed by atoms with Gasteiger partial charge < -0.3 is 19.5 Å². The van der Waals surface area contributed by atoms with Crippen LogP contribution < -0.4 is 14.8 Å². The van der Waals surface area contributed by atoms with Gasteiger partial charge in [-0.05, 0) is 63.6 Å². The van der Waals surface area contributed by atoms with Crippen LogP contribution in [0.3, 0.4) is 0 Å². The van der Waals surface area contributed by atoms with Crippen LogP contribution in [-0.4, -0.2) is 31.2 Å². The molecule has 2 aromatic carbocycles. The molecule has 0 aliphatic rings. The molecule has 0 saturated carbocycles. The van der Waals surface area contributed by atoms with E-state index in [0.717, 1.165) is 5.56 Å². The third-order valence-electron chi connectivity index (χ3n) is 3.89. The van der Waals surface area contributed by atoms with Gasteiger partial charge in [-0.25, -0.2) is 4.79 Å². The molecule has 0 saturated heterocycles. The topological polar surface area (TPSA) is 73.9 Å². The number of ether oxygens (including phenoxy) is 3. The summed E-state index contributed by atoms with van der Waals surface area (Å²) in [5, 5.41) is 3.22. The maximum Gasteiger partial charge on any atom is 0.339 e. The van der Waals surface area contributed by atoms with Gasteiger partial charge in [0.1, 0.15) is 0 Å². The Morgan fingerprint density at radius 2 is 1.71 bits per heavy atom. The molecule has 150 valence electrons. The van der Waals surface area contributed by atoms with Gasteiger partial charge in [0.15, 0.2) is 17.6 Å². The van der Waals surface area contributed by atoms with E-state index in [9.17, 15) is 9.59 Å². The second kappa shape index (κ2) is 9.99. The van der Waals surface area contributed by atoms with E-state index in [1.54, 1.807) is 36.4 Å². The second-order valence-corrected chi connectivity index (χ2v) is 6.46. The molecule has 0 bridgehead atoms. The predicted molar refractivity (Wildman–Crippen MR) is 108 cm³/mol. The number of halogens is 1. The van der Waals surface area contributed by atoms with Crippen molar-refractivity contribution in [2.45, 2.75) is 33.8 Å². The highest BCUT2D eigenvalue weighted by atomic mass is 35.5. The fourth-order valence-electron chi connectivity index (χ4n) is 2.42. The van der Waals surface area contributed by atoms with Crippen molar-refractivity contribution in [1.82, 2.24) is 0 Å². The average Bonchev–Trinajstić information content (AvgIpc) is 2.66. The standard InChI is InChI=1S/C21H24ClNO5/c1-5-26-18-10-8-15(11-19(18)27-6-2)21(25)28-14(4)20(24)23-17-12-16(22)9-7-13(17)3/h7-12,14H,5-6H2,1-4H3,(H,23,24). The van der Waals surface area contributed by atoms with Crippen LogP contribution in [0, 0.1) is 6.92 Å². The summed E-state index contributed by atoms with van der Waals surface area (Å²) in [7, 11) is 0. The predicted octanol–water partition coefficient (Wildman–Crippen LogP) is 4.63. The molecule has 2 rings (SSSR count). The van der Waals surface area contributed by atoms with Gasteiger partial charge in [-0.15, -0.1) is 0 Å². The fraction of sp³-hybridized carbons (Fsp3) is 0.333. The lowest BCUT2D eigenvalue weighted by Gasteiger charge is -2.16. The van der Waals surface area contributed by atoms with Crippen LogP contribution in [0.2, 0.25) is 5.02 Å². The van der Waals surface area contributed by atoms with Gasteiger partial charge in [-0.1, -0.05) is 17.7 Å². The minimum absolute atomic E-state index is 0.269. The third-order valence-corrected chi connectivity index (χ3v) is 4.12. The van der Waals surface area contributed by atoms with Crippen molar-refractivity contribution in [3.8, 4) is 11.5 Å². The van der Waals surface area contributed by atoms with Crippen LogP contribution in [0.4, 0.5) is 5.69 Å². The van der Waals surface area contributed by atoms with E-state index in [1.165, 1.54) is 6.92 Å². The molecule has 0 aliphatic carbocycles. The van der Waals surface area contributed by atoms with Crippen molar-refractivity contribution < 1.29 is 23.8 Å². The Labute approximate surface area is 169 Å². The summed E-state index contributed by atoms with van der Waals surface area (Å²) in [6.45, 7) is 7.95. The van der Waals surface area contributed by atoms with Crippen molar-refractivity contribution in [3.05, 3.63) is 52.5 Å². The molecular formula is C21H24ClNO5. The molecule has 6 nitrogen and oxygen atoms in total. The number of amides is 1. The van der Waals surface area contributed by atoms with E-state index in [2.05, 4.69) is 5.32 Å². The summed E-state index contributed by atoms with van der Waals surface area (Å²) < 4.78 is 16.3. The Bertz CT molecular complexity index is 853. The highest BCUT2D eigenvalue weighted by Gasteiger charge is 2.21. The van der Waals surface area contributed by atoms with Gasteiger partial charge >= 0.3 is 5.97 Å². The molecule has 0 aliphatic heterocycles. The summed E-state index contributed by atoms with van der Waals surface area (Å²) in [4.78, 5) is 24.8. The summed E-state index contributed by atoms with van der Waals surface area (Å²) in [5.74, 6) is -0.0854. The number of esters is 1. The molecule has 1 amide bonds. The lowest BCUT2D eigenvalue weighted by molar-refractivity contribution is -0.123. The van der Waals surface area contributed by atoms with Crippen LogP contribution in [0.1, 0.15) is 36.7 Å². The number of rotatable bonds is 8.